The number of benzene rings is 2. The summed E-state index contributed by atoms with van der Waals surface area (Å²) in [7, 11) is 0. The lowest BCUT2D eigenvalue weighted by Gasteiger charge is -2.34. The summed E-state index contributed by atoms with van der Waals surface area (Å²) in [6.07, 6.45) is 0.000932. The van der Waals surface area contributed by atoms with E-state index in [-0.39, 0.29) is 37.3 Å². The van der Waals surface area contributed by atoms with Crippen molar-refractivity contribution in [3.8, 4) is 5.75 Å². The Morgan fingerprint density at radius 1 is 0.968 bits per heavy atom. The average molecular weight is 448 g/mol. The maximum absolute atomic E-state index is 13.2. The largest absolute Gasteiger partial charge is 0.484 e. The summed E-state index contributed by atoms with van der Waals surface area (Å²) in [5, 5.41) is 3.15. The molecule has 9 heteroatoms. The quantitative estimate of drug-likeness (QED) is 0.703. The van der Waals surface area contributed by atoms with Gasteiger partial charge in [0.25, 0.3) is 5.91 Å². The average Bonchev–Trinajstić information content (AvgIpc) is 2.77. The number of piperazine rings is 1. The number of hydrogen-bond acceptors (Lipinski definition) is 4. The minimum atomic E-state index is -0.410. The van der Waals surface area contributed by atoms with Crippen LogP contribution in [0.1, 0.15) is 5.56 Å². The number of halogens is 2. The lowest BCUT2D eigenvalue weighted by Crippen LogP contribution is -2.53. The highest BCUT2D eigenvalue weighted by Gasteiger charge is 2.24. The predicted octanol–water partition coefficient (Wildman–Crippen LogP) is 1.89. The van der Waals surface area contributed by atoms with E-state index in [2.05, 4.69) is 5.32 Å². The first kappa shape index (κ1) is 22.6. The number of nitrogens with one attached hydrogen (secondary N) is 1. The Balaban J connectivity index is 1.36. The van der Waals surface area contributed by atoms with E-state index in [1.165, 1.54) is 18.2 Å². The van der Waals surface area contributed by atoms with Gasteiger partial charge >= 0.3 is 0 Å². The summed E-state index contributed by atoms with van der Waals surface area (Å²) in [4.78, 5) is 39.9. The topological polar surface area (TPSA) is 79.0 Å². The lowest BCUT2D eigenvalue weighted by molar-refractivity contribution is -0.140. The third-order valence-corrected chi connectivity index (χ3v) is 5.10. The van der Waals surface area contributed by atoms with Gasteiger partial charge in [-0.25, -0.2) is 4.39 Å². The van der Waals surface area contributed by atoms with Gasteiger partial charge in [0.15, 0.2) is 6.61 Å². The molecule has 0 aliphatic carbocycles. The zero-order valence-electron chi connectivity index (χ0n) is 16.9. The van der Waals surface area contributed by atoms with E-state index in [1.54, 1.807) is 40.1 Å². The van der Waals surface area contributed by atoms with Crippen molar-refractivity contribution in [2.24, 2.45) is 0 Å². The molecule has 0 unspecified atom stereocenters. The Bertz CT molecular complexity index is 931. The molecule has 0 radical (unpaired) electrons. The van der Waals surface area contributed by atoms with E-state index < -0.39 is 5.82 Å². The molecule has 3 rings (SSSR count). The number of rotatable bonds is 7. The molecule has 0 saturated carbocycles. The van der Waals surface area contributed by atoms with E-state index in [0.717, 1.165) is 0 Å². The summed E-state index contributed by atoms with van der Waals surface area (Å²) < 4.78 is 18.6. The van der Waals surface area contributed by atoms with Crippen molar-refractivity contribution in [2.45, 2.75) is 6.42 Å². The number of carbonyl (C=O) groups is 3. The van der Waals surface area contributed by atoms with Crippen molar-refractivity contribution < 1.29 is 23.5 Å². The molecule has 0 atom stereocenters. The fourth-order valence-corrected chi connectivity index (χ4v) is 3.28. The van der Waals surface area contributed by atoms with Crippen molar-refractivity contribution in [1.82, 2.24) is 15.1 Å². The molecule has 1 fully saturated rings. The fraction of sp³-hybridized carbons (Fsp3) is 0.318. The monoisotopic (exact) mass is 447 g/mol. The maximum atomic E-state index is 13.2. The van der Waals surface area contributed by atoms with E-state index in [1.807, 2.05) is 0 Å². The van der Waals surface area contributed by atoms with Crippen LogP contribution in [0, 0.1) is 5.82 Å². The second kappa shape index (κ2) is 10.8. The molecule has 164 valence electrons. The molecule has 1 saturated heterocycles. The van der Waals surface area contributed by atoms with Crippen LogP contribution in [0.15, 0.2) is 48.5 Å². The Hall–Kier alpha value is -3.13. The van der Waals surface area contributed by atoms with Crippen molar-refractivity contribution in [3.05, 3.63) is 64.9 Å². The van der Waals surface area contributed by atoms with Gasteiger partial charge in [-0.1, -0.05) is 23.7 Å². The minimum absolute atomic E-state index is 0.000932. The third-order valence-electron chi connectivity index (χ3n) is 4.85. The van der Waals surface area contributed by atoms with E-state index >= 15 is 0 Å². The number of nitrogens with zero attached hydrogens (tertiary/aromatic N) is 2. The van der Waals surface area contributed by atoms with Crippen LogP contribution in [0.2, 0.25) is 5.02 Å². The molecule has 3 amide bonds. The van der Waals surface area contributed by atoms with Crippen LogP contribution in [0.5, 0.6) is 5.75 Å². The van der Waals surface area contributed by atoms with Crippen molar-refractivity contribution in [2.75, 3.05) is 39.3 Å². The molecule has 1 aliphatic heterocycles. The summed E-state index contributed by atoms with van der Waals surface area (Å²) >= 11 is 5.82. The number of amides is 3. The van der Waals surface area contributed by atoms with Gasteiger partial charge in [-0.2, -0.15) is 0 Å². The van der Waals surface area contributed by atoms with Crippen LogP contribution < -0.4 is 10.1 Å². The fourth-order valence-electron chi connectivity index (χ4n) is 3.15. The van der Waals surface area contributed by atoms with Crippen LogP contribution in [0.4, 0.5) is 4.39 Å². The van der Waals surface area contributed by atoms with Crippen molar-refractivity contribution >= 4 is 29.3 Å². The summed E-state index contributed by atoms with van der Waals surface area (Å²) in [5.74, 6) is -0.595. The first-order valence-electron chi connectivity index (χ1n) is 9.86. The molecular formula is C22H23ClFN3O4. The van der Waals surface area contributed by atoms with Gasteiger partial charge in [-0.3, -0.25) is 14.4 Å². The van der Waals surface area contributed by atoms with Crippen LogP contribution in [0.25, 0.3) is 0 Å². The second-order valence-electron chi connectivity index (χ2n) is 7.09. The zero-order chi connectivity index (χ0) is 22.2. The molecule has 0 spiro atoms. The maximum Gasteiger partial charge on any atom is 0.260 e. The van der Waals surface area contributed by atoms with E-state index in [0.29, 0.717) is 42.5 Å². The van der Waals surface area contributed by atoms with Gasteiger partial charge in [0.2, 0.25) is 11.8 Å². The molecule has 0 aromatic heterocycles. The molecule has 1 heterocycles. The molecule has 0 bridgehead atoms. The van der Waals surface area contributed by atoms with Crippen LogP contribution >= 0.6 is 11.6 Å². The Labute approximate surface area is 184 Å². The first-order chi connectivity index (χ1) is 14.9. The van der Waals surface area contributed by atoms with Gasteiger partial charge in [0.1, 0.15) is 11.6 Å². The Kier molecular flexibility index (Phi) is 7.83. The highest BCUT2D eigenvalue weighted by molar-refractivity contribution is 6.30. The second-order valence-corrected chi connectivity index (χ2v) is 7.52. The Morgan fingerprint density at radius 3 is 2.26 bits per heavy atom. The van der Waals surface area contributed by atoms with Gasteiger partial charge < -0.3 is 19.9 Å². The summed E-state index contributed by atoms with van der Waals surface area (Å²) in [5.41, 5.74) is 0.540. The molecule has 7 nitrogen and oxygen atoms in total. The zero-order valence-corrected chi connectivity index (χ0v) is 17.6. The molecular weight excluding hydrogens is 425 g/mol. The predicted molar refractivity (Wildman–Crippen MR) is 113 cm³/mol. The molecule has 1 aliphatic rings. The third kappa shape index (κ3) is 6.96. The summed E-state index contributed by atoms with van der Waals surface area (Å²) in [6.45, 7) is 1.32. The normalized spacial score (nSPS) is 13.6. The van der Waals surface area contributed by atoms with Gasteiger partial charge in [-0.05, 0) is 42.0 Å². The van der Waals surface area contributed by atoms with Gasteiger partial charge in [0.05, 0.1) is 13.0 Å². The van der Waals surface area contributed by atoms with Crippen LogP contribution in [-0.2, 0) is 20.8 Å². The highest BCUT2D eigenvalue weighted by atomic mass is 35.5. The van der Waals surface area contributed by atoms with Gasteiger partial charge in [0, 0.05) is 31.2 Å². The molecule has 2 aromatic carbocycles. The van der Waals surface area contributed by atoms with Crippen LogP contribution in [-0.4, -0.2) is 66.9 Å². The Morgan fingerprint density at radius 2 is 1.61 bits per heavy atom. The van der Waals surface area contributed by atoms with Gasteiger partial charge in [-0.15, -0.1) is 0 Å². The lowest BCUT2D eigenvalue weighted by atomic mass is 10.1. The SMILES string of the molecule is O=C(Cc1cccc(F)c1)NCC(=O)N1CCN(C(=O)COc2ccc(Cl)cc2)CC1. The first-order valence-corrected chi connectivity index (χ1v) is 10.2. The van der Waals surface area contributed by atoms with Crippen molar-refractivity contribution in [1.29, 1.82) is 0 Å². The standard InChI is InChI=1S/C22H23ClFN3O4/c23-17-4-6-19(7-5-17)31-15-22(30)27-10-8-26(9-11-27)21(29)14-25-20(28)13-16-2-1-3-18(24)12-16/h1-7,12H,8-11,13-15H2,(H,25,28). The van der Waals surface area contributed by atoms with E-state index in [4.69, 9.17) is 16.3 Å². The smallest absolute Gasteiger partial charge is 0.260 e. The molecule has 2 aromatic rings. The highest BCUT2D eigenvalue weighted by Crippen LogP contribution is 2.15. The summed E-state index contributed by atoms with van der Waals surface area (Å²) in [6, 6.07) is 12.5. The number of hydrogen-bond donors (Lipinski definition) is 1. The van der Waals surface area contributed by atoms with Crippen LogP contribution in [0.3, 0.4) is 0 Å². The molecule has 1 N–H and O–H groups in total. The van der Waals surface area contributed by atoms with Crippen molar-refractivity contribution in [3.63, 3.8) is 0 Å². The molecule has 31 heavy (non-hydrogen) atoms. The van der Waals surface area contributed by atoms with E-state index in [9.17, 15) is 18.8 Å². The number of carbonyl (C=O) groups excluding carboxylic acids is 3. The number of ether oxygens (including phenoxy) is 1. The minimum Gasteiger partial charge on any atom is -0.484 e.